The normalized spacial score (nSPS) is 13.1. The summed E-state index contributed by atoms with van der Waals surface area (Å²) in [6, 6.07) is 11.4. The first-order chi connectivity index (χ1) is 15.9. The number of fused-ring (bicyclic) bond motifs is 2. The summed E-state index contributed by atoms with van der Waals surface area (Å²) in [4.78, 5) is 56.7. The molecule has 0 spiro atoms. The molecule has 170 valence electrons. The Morgan fingerprint density at radius 2 is 1.73 bits per heavy atom. The summed E-state index contributed by atoms with van der Waals surface area (Å²) in [6.07, 6.45) is 3.41. The molecule has 3 N–H and O–H groups in total. The summed E-state index contributed by atoms with van der Waals surface area (Å²) in [5.74, 6) is -2.12. The number of benzene rings is 2. The van der Waals surface area contributed by atoms with E-state index in [0.29, 0.717) is 11.1 Å². The molecule has 2 atom stereocenters. The van der Waals surface area contributed by atoms with Gasteiger partial charge in [-0.2, -0.15) is 11.8 Å². The summed E-state index contributed by atoms with van der Waals surface area (Å²) in [6.45, 7) is 0. The number of carboxylic acids is 1. The number of nitrogens with one attached hydrogen (secondary N) is 3. The smallest absolute Gasteiger partial charge is 0.329 e. The molecular formula is C23H21N4O5S-. The Labute approximate surface area is 191 Å². The van der Waals surface area contributed by atoms with Crippen molar-refractivity contribution in [1.82, 2.24) is 19.9 Å². The molecule has 0 aliphatic rings. The van der Waals surface area contributed by atoms with Crippen LogP contribution in [0.1, 0.15) is 11.6 Å². The predicted molar refractivity (Wildman–Crippen MR) is 125 cm³/mol. The van der Waals surface area contributed by atoms with Crippen LogP contribution in [0.25, 0.3) is 21.8 Å². The maximum Gasteiger partial charge on any atom is 0.329 e. The minimum absolute atomic E-state index is 0.00376. The van der Waals surface area contributed by atoms with Gasteiger partial charge in [0.25, 0.3) is 5.56 Å². The number of aromatic nitrogens is 3. The van der Waals surface area contributed by atoms with Crippen LogP contribution in [0, 0.1) is 0 Å². The van der Waals surface area contributed by atoms with E-state index in [4.69, 9.17) is 0 Å². The molecule has 2 heterocycles. The van der Waals surface area contributed by atoms with E-state index in [1.807, 2.05) is 24.3 Å². The first-order valence-electron chi connectivity index (χ1n) is 10.2. The number of para-hydroxylation sites is 2. The van der Waals surface area contributed by atoms with Crippen LogP contribution in [0.3, 0.4) is 0 Å². The lowest BCUT2D eigenvalue weighted by Crippen LogP contribution is -2.53. The number of carbonyl (C=O) groups is 2. The molecule has 0 bridgehead atoms. The van der Waals surface area contributed by atoms with Gasteiger partial charge in [0.15, 0.2) is 0 Å². The maximum atomic E-state index is 13.3. The summed E-state index contributed by atoms with van der Waals surface area (Å²) in [5.41, 5.74) is 0.504. The molecule has 10 heteroatoms. The molecular weight excluding hydrogens is 444 g/mol. The van der Waals surface area contributed by atoms with E-state index in [1.165, 1.54) is 11.8 Å². The number of rotatable bonds is 8. The van der Waals surface area contributed by atoms with Gasteiger partial charge in [0, 0.05) is 29.3 Å². The lowest BCUT2D eigenvalue weighted by molar-refractivity contribution is -0.307. The van der Waals surface area contributed by atoms with Gasteiger partial charge < -0.3 is 25.2 Å². The lowest BCUT2D eigenvalue weighted by Gasteiger charge is -2.24. The standard InChI is InChI=1S/C23H22N4O5S/c1-33-12-18(22(30)31)25-20(28)19(10-13-11-24-16-8-4-2-6-14(13)16)27-21(29)15-7-3-5-9-17(15)26-23(27)32/h2-9,11,18-19,24H,10,12H2,1H3,(H,25,28)(H,26,32)(H,30,31)/p-1/t18-,19+/m0/s1. The summed E-state index contributed by atoms with van der Waals surface area (Å²) >= 11 is 1.23. The highest BCUT2D eigenvalue weighted by atomic mass is 32.2. The van der Waals surface area contributed by atoms with Crippen LogP contribution in [-0.4, -0.2) is 44.5 Å². The van der Waals surface area contributed by atoms with Crippen LogP contribution >= 0.6 is 11.8 Å². The van der Waals surface area contributed by atoms with Crippen molar-refractivity contribution < 1.29 is 14.7 Å². The second-order valence-electron chi connectivity index (χ2n) is 7.57. The number of hydrogen-bond acceptors (Lipinski definition) is 6. The Hall–Kier alpha value is -3.79. The lowest BCUT2D eigenvalue weighted by atomic mass is 10.0. The minimum atomic E-state index is -1.44. The molecule has 0 aliphatic heterocycles. The molecule has 2 aromatic carbocycles. The number of aliphatic carboxylic acids is 1. The van der Waals surface area contributed by atoms with Crippen molar-refractivity contribution in [1.29, 1.82) is 0 Å². The Morgan fingerprint density at radius 3 is 2.42 bits per heavy atom. The van der Waals surface area contributed by atoms with Crippen molar-refractivity contribution in [3.8, 4) is 0 Å². The van der Waals surface area contributed by atoms with Crippen molar-refractivity contribution in [3.63, 3.8) is 0 Å². The second kappa shape index (κ2) is 9.37. The highest BCUT2D eigenvalue weighted by Crippen LogP contribution is 2.22. The first-order valence-corrected chi connectivity index (χ1v) is 11.6. The van der Waals surface area contributed by atoms with Crippen LogP contribution in [0.2, 0.25) is 0 Å². The number of aromatic amines is 2. The third-order valence-electron chi connectivity index (χ3n) is 5.47. The summed E-state index contributed by atoms with van der Waals surface area (Å²) in [7, 11) is 0. The highest BCUT2D eigenvalue weighted by molar-refractivity contribution is 7.98. The van der Waals surface area contributed by atoms with Gasteiger partial charge in [0.2, 0.25) is 5.91 Å². The second-order valence-corrected chi connectivity index (χ2v) is 8.48. The van der Waals surface area contributed by atoms with Crippen LogP contribution < -0.4 is 21.7 Å². The molecule has 4 aromatic rings. The van der Waals surface area contributed by atoms with Crippen molar-refractivity contribution in [2.24, 2.45) is 0 Å². The predicted octanol–water partition coefficient (Wildman–Crippen LogP) is 0.553. The molecule has 0 saturated carbocycles. The average molecular weight is 466 g/mol. The van der Waals surface area contributed by atoms with Crippen molar-refractivity contribution in [2.45, 2.75) is 18.5 Å². The molecule has 4 rings (SSSR count). The maximum absolute atomic E-state index is 13.3. The van der Waals surface area contributed by atoms with E-state index < -0.39 is 35.2 Å². The fraction of sp³-hybridized carbons (Fsp3) is 0.217. The number of hydrogen-bond donors (Lipinski definition) is 3. The van der Waals surface area contributed by atoms with E-state index in [0.717, 1.165) is 15.5 Å². The zero-order valence-corrected chi connectivity index (χ0v) is 18.5. The SMILES string of the molecule is CSC[C@H](NC(=O)[C@@H](Cc1c[nH]c2ccccc12)n1c(=O)[nH]c2ccccc2c1=O)C(=O)[O-]. The minimum Gasteiger partial charge on any atom is -0.548 e. The Kier molecular flexibility index (Phi) is 6.36. The van der Waals surface area contributed by atoms with Gasteiger partial charge in [-0.1, -0.05) is 30.3 Å². The monoisotopic (exact) mass is 465 g/mol. The van der Waals surface area contributed by atoms with Gasteiger partial charge in [-0.25, -0.2) is 9.36 Å². The third kappa shape index (κ3) is 4.42. The fourth-order valence-electron chi connectivity index (χ4n) is 3.87. The van der Waals surface area contributed by atoms with E-state index in [-0.39, 0.29) is 17.6 Å². The molecule has 0 aliphatic carbocycles. The number of amides is 1. The number of nitrogens with zero attached hydrogens (tertiary/aromatic N) is 1. The molecule has 0 unspecified atom stereocenters. The van der Waals surface area contributed by atoms with Crippen LogP contribution in [0.15, 0.2) is 64.3 Å². The van der Waals surface area contributed by atoms with Crippen LogP contribution in [0.4, 0.5) is 0 Å². The van der Waals surface area contributed by atoms with Crippen LogP contribution in [0.5, 0.6) is 0 Å². The topological polar surface area (TPSA) is 140 Å². The number of H-pyrrole nitrogens is 2. The van der Waals surface area contributed by atoms with Gasteiger partial charge in [-0.3, -0.25) is 9.59 Å². The summed E-state index contributed by atoms with van der Waals surface area (Å²) in [5, 5.41) is 15.0. The van der Waals surface area contributed by atoms with Gasteiger partial charge in [0.05, 0.1) is 22.9 Å². The van der Waals surface area contributed by atoms with Crippen LogP contribution in [-0.2, 0) is 16.0 Å². The van der Waals surface area contributed by atoms with Gasteiger partial charge in [-0.05, 0) is 30.0 Å². The summed E-state index contributed by atoms with van der Waals surface area (Å²) < 4.78 is 0.852. The number of thioether (sulfide) groups is 1. The quantitative estimate of drug-likeness (QED) is 0.347. The van der Waals surface area contributed by atoms with Crippen molar-refractivity contribution in [2.75, 3.05) is 12.0 Å². The fourth-order valence-corrected chi connectivity index (χ4v) is 4.43. The molecule has 0 saturated heterocycles. The molecule has 0 radical (unpaired) electrons. The Morgan fingerprint density at radius 1 is 1.06 bits per heavy atom. The Bertz CT molecular complexity index is 1450. The Balaban J connectivity index is 1.83. The molecule has 1 amide bonds. The van der Waals surface area contributed by atoms with Gasteiger partial charge >= 0.3 is 5.69 Å². The number of carboxylic acid groups (broad SMARTS) is 1. The van der Waals surface area contributed by atoms with E-state index in [9.17, 15) is 24.3 Å². The first kappa shape index (κ1) is 22.4. The number of carbonyl (C=O) groups excluding carboxylic acids is 2. The van der Waals surface area contributed by atoms with E-state index in [1.54, 1.807) is 36.7 Å². The highest BCUT2D eigenvalue weighted by Gasteiger charge is 2.28. The zero-order chi connectivity index (χ0) is 23.5. The molecule has 9 nitrogen and oxygen atoms in total. The largest absolute Gasteiger partial charge is 0.548 e. The zero-order valence-electron chi connectivity index (χ0n) is 17.7. The molecule has 2 aromatic heterocycles. The third-order valence-corrected chi connectivity index (χ3v) is 6.14. The molecule has 33 heavy (non-hydrogen) atoms. The van der Waals surface area contributed by atoms with E-state index >= 15 is 0 Å². The van der Waals surface area contributed by atoms with E-state index in [2.05, 4.69) is 15.3 Å². The van der Waals surface area contributed by atoms with Crippen molar-refractivity contribution >= 4 is 45.4 Å². The van der Waals surface area contributed by atoms with Crippen molar-refractivity contribution in [3.05, 3.63) is 81.1 Å². The van der Waals surface area contributed by atoms with Gasteiger partial charge in [-0.15, -0.1) is 0 Å². The molecule has 0 fully saturated rings. The van der Waals surface area contributed by atoms with Gasteiger partial charge in [0.1, 0.15) is 6.04 Å². The average Bonchev–Trinajstić information content (AvgIpc) is 3.21.